The topological polar surface area (TPSA) is 64.4 Å². The van der Waals surface area contributed by atoms with Gasteiger partial charge in [0.25, 0.3) is 5.56 Å². The van der Waals surface area contributed by atoms with Gasteiger partial charge in [0.05, 0.1) is 16.7 Å². The van der Waals surface area contributed by atoms with Crippen molar-refractivity contribution in [3.63, 3.8) is 0 Å². The number of benzene rings is 1. The smallest absolute Gasteiger partial charge is 0.323 e. The number of para-hydroxylation sites is 1. The number of alkyl halides is 3. The minimum Gasteiger partial charge on any atom is -0.323 e. The number of hydrogen-bond acceptors (Lipinski definition) is 6. The zero-order chi connectivity index (χ0) is 22.8. The van der Waals surface area contributed by atoms with Crippen LogP contribution in [0.4, 0.5) is 13.2 Å². The molecule has 1 aromatic heterocycles. The highest BCUT2D eigenvalue weighted by Gasteiger charge is 2.42. The molecule has 3 rings (SSSR count). The van der Waals surface area contributed by atoms with E-state index < -0.39 is 17.7 Å². The van der Waals surface area contributed by atoms with Crippen LogP contribution in [0.1, 0.15) is 37.1 Å². The number of fused-ring (bicyclic) bond motifs is 1. The minimum absolute atomic E-state index is 0.00446. The first-order valence-electron chi connectivity index (χ1n) is 10.1. The van der Waals surface area contributed by atoms with E-state index in [-0.39, 0.29) is 17.0 Å². The Labute approximate surface area is 182 Å². The summed E-state index contributed by atoms with van der Waals surface area (Å²) in [5.74, 6) is -1.63. The molecule has 1 aliphatic rings. The molecule has 0 aliphatic heterocycles. The molecule has 0 N–H and O–H groups in total. The molecule has 0 spiro atoms. The van der Waals surface area contributed by atoms with Crippen molar-refractivity contribution >= 4 is 28.6 Å². The van der Waals surface area contributed by atoms with Crippen LogP contribution in [-0.4, -0.2) is 52.6 Å². The number of aryl methyl sites for hydroxylation is 1. The third kappa shape index (κ3) is 5.79. The van der Waals surface area contributed by atoms with E-state index >= 15 is 0 Å². The van der Waals surface area contributed by atoms with Gasteiger partial charge in [-0.3, -0.25) is 4.79 Å². The maximum Gasteiger partial charge on any atom is 0.493 e. The fourth-order valence-corrected chi connectivity index (χ4v) is 5.06. The molecule has 1 heterocycles. The molecule has 170 valence electrons. The Bertz CT molecular complexity index is 999. The number of thioether (sulfide) groups is 1. The van der Waals surface area contributed by atoms with Crippen LogP contribution in [-0.2, 0) is 10.5 Å². The van der Waals surface area contributed by atoms with Crippen molar-refractivity contribution in [1.82, 2.24) is 14.6 Å². The summed E-state index contributed by atoms with van der Waals surface area (Å²) < 4.78 is 38.7. The summed E-state index contributed by atoms with van der Waals surface area (Å²) >= 11 is 1.53. The maximum atomic E-state index is 12.8. The molecule has 6 nitrogen and oxygen atoms in total. The number of nitrogens with zero attached hydrogens (tertiary/aromatic N) is 3. The Hall–Kier alpha value is -2.07. The molecular formula is C21H26F3N3O3S. The second kappa shape index (κ2) is 9.60. The predicted octanol–water partition coefficient (Wildman–Crippen LogP) is 3.58. The highest BCUT2D eigenvalue weighted by molar-refractivity contribution is 7.99. The molecule has 0 amide bonds. The highest BCUT2D eigenvalue weighted by Crippen LogP contribution is 2.33. The Balaban J connectivity index is 1.83. The first-order chi connectivity index (χ1) is 14.6. The van der Waals surface area contributed by atoms with E-state index in [2.05, 4.69) is 28.8 Å². The lowest BCUT2D eigenvalue weighted by atomic mass is 9.89. The standard InChI is InChI=1S/C21H26F3N3O3S/c1-13-5-4-6-16-18(13)25-17(27(19(16)28)30-20(29)21(22,23)24)12-31-15-9-7-14(8-10-15)11-26(2)3/h4-6,14-15H,7-12H2,1-3H3. The Morgan fingerprint density at radius 3 is 2.55 bits per heavy atom. The van der Waals surface area contributed by atoms with E-state index in [0.29, 0.717) is 21.4 Å². The van der Waals surface area contributed by atoms with Gasteiger partial charge in [0.15, 0.2) is 5.82 Å². The quantitative estimate of drug-likeness (QED) is 0.661. The molecule has 2 aromatic rings. The van der Waals surface area contributed by atoms with Crippen LogP contribution in [0.25, 0.3) is 10.9 Å². The first-order valence-corrected chi connectivity index (χ1v) is 11.2. The summed E-state index contributed by atoms with van der Waals surface area (Å²) in [4.78, 5) is 35.3. The molecule has 31 heavy (non-hydrogen) atoms. The number of halogens is 3. The normalized spacial score (nSPS) is 19.7. The lowest BCUT2D eigenvalue weighted by Crippen LogP contribution is -2.40. The summed E-state index contributed by atoms with van der Waals surface area (Å²) in [5.41, 5.74) is 0.299. The third-order valence-corrected chi connectivity index (χ3v) is 6.77. The minimum atomic E-state index is -5.21. The van der Waals surface area contributed by atoms with Crippen molar-refractivity contribution in [2.75, 3.05) is 20.6 Å². The van der Waals surface area contributed by atoms with E-state index in [1.165, 1.54) is 17.8 Å². The van der Waals surface area contributed by atoms with E-state index in [0.717, 1.165) is 37.8 Å². The van der Waals surface area contributed by atoms with Crippen molar-refractivity contribution in [1.29, 1.82) is 0 Å². The fraction of sp³-hybridized carbons (Fsp3) is 0.571. The molecule has 1 aliphatic carbocycles. The van der Waals surface area contributed by atoms with Gasteiger partial charge in [0.1, 0.15) is 0 Å². The van der Waals surface area contributed by atoms with Gasteiger partial charge < -0.3 is 9.74 Å². The summed E-state index contributed by atoms with van der Waals surface area (Å²) in [6.07, 6.45) is -1.08. The van der Waals surface area contributed by atoms with Crippen molar-refractivity contribution in [2.24, 2.45) is 5.92 Å². The molecule has 0 unspecified atom stereocenters. The van der Waals surface area contributed by atoms with Gasteiger partial charge in [0, 0.05) is 11.8 Å². The van der Waals surface area contributed by atoms with E-state index in [4.69, 9.17) is 0 Å². The average molecular weight is 458 g/mol. The molecule has 0 atom stereocenters. The summed E-state index contributed by atoms with van der Waals surface area (Å²) in [7, 11) is 4.10. The van der Waals surface area contributed by atoms with Gasteiger partial charge >= 0.3 is 12.1 Å². The van der Waals surface area contributed by atoms with Gasteiger partial charge in [-0.25, -0.2) is 9.78 Å². The number of rotatable bonds is 6. The van der Waals surface area contributed by atoms with Crippen LogP contribution >= 0.6 is 11.8 Å². The largest absolute Gasteiger partial charge is 0.493 e. The van der Waals surface area contributed by atoms with Crippen molar-refractivity contribution in [3.05, 3.63) is 39.9 Å². The van der Waals surface area contributed by atoms with E-state index in [9.17, 15) is 22.8 Å². The van der Waals surface area contributed by atoms with E-state index in [1.807, 2.05) is 0 Å². The van der Waals surface area contributed by atoms with Gasteiger partial charge in [-0.1, -0.05) is 12.1 Å². The number of hydrogen-bond donors (Lipinski definition) is 0. The third-order valence-electron chi connectivity index (χ3n) is 5.40. The van der Waals surface area contributed by atoms with Crippen molar-refractivity contribution in [2.45, 2.75) is 49.8 Å². The van der Waals surface area contributed by atoms with Gasteiger partial charge in [-0.05, 0) is 64.3 Å². The zero-order valence-corrected chi connectivity index (χ0v) is 18.6. The molecule has 10 heteroatoms. The van der Waals surface area contributed by atoms with Crippen molar-refractivity contribution in [3.8, 4) is 0 Å². The second-order valence-electron chi connectivity index (χ2n) is 8.19. The van der Waals surface area contributed by atoms with Crippen LogP contribution in [0.3, 0.4) is 0 Å². The molecule has 1 saturated carbocycles. The lowest BCUT2D eigenvalue weighted by Gasteiger charge is -2.29. The molecule has 0 radical (unpaired) electrons. The Kier molecular flexibility index (Phi) is 7.31. The Morgan fingerprint density at radius 2 is 1.94 bits per heavy atom. The predicted molar refractivity (Wildman–Crippen MR) is 114 cm³/mol. The molecule has 0 bridgehead atoms. The van der Waals surface area contributed by atoms with Crippen LogP contribution in [0, 0.1) is 12.8 Å². The number of carbonyl (C=O) groups is 1. The maximum absolute atomic E-state index is 12.8. The lowest BCUT2D eigenvalue weighted by molar-refractivity contribution is -0.200. The van der Waals surface area contributed by atoms with Crippen LogP contribution < -0.4 is 10.4 Å². The molecule has 1 fully saturated rings. The monoisotopic (exact) mass is 457 g/mol. The number of aromatic nitrogens is 2. The average Bonchev–Trinajstić information content (AvgIpc) is 2.69. The fourth-order valence-electron chi connectivity index (χ4n) is 3.89. The van der Waals surface area contributed by atoms with Gasteiger partial charge in [0.2, 0.25) is 0 Å². The Morgan fingerprint density at radius 1 is 1.26 bits per heavy atom. The second-order valence-corrected chi connectivity index (χ2v) is 9.48. The zero-order valence-electron chi connectivity index (χ0n) is 17.7. The van der Waals surface area contributed by atoms with Crippen LogP contribution in [0.15, 0.2) is 23.0 Å². The van der Waals surface area contributed by atoms with Gasteiger partial charge in [-0.15, -0.1) is 4.73 Å². The summed E-state index contributed by atoms with van der Waals surface area (Å²) in [5, 5.41) is 0.419. The molecular weight excluding hydrogens is 431 g/mol. The number of carbonyl (C=O) groups excluding carboxylic acids is 1. The summed E-state index contributed by atoms with van der Waals surface area (Å²) in [6, 6.07) is 4.83. The highest BCUT2D eigenvalue weighted by atomic mass is 32.2. The SMILES string of the molecule is Cc1cccc2c(=O)n(OC(=O)C(F)(F)F)c(CSC3CCC(CN(C)C)CC3)nc12. The van der Waals surface area contributed by atoms with Crippen LogP contribution in [0.2, 0.25) is 0 Å². The van der Waals surface area contributed by atoms with Crippen molar-refractivity contribution < 1.29 is 22.8 Å². The molecule has 1 aromatic carbocycles. The van der Waals surface area contributed by atoms with Crippen LogP contribution in [0.5, 0.6) is 0 Å². The molecule has 0 saturated heterocycles. The first kappa shape index (κ1) is 23.6. The summed E-state index contributed by atoms with van der Waals surface area (Å²) in [6.45, 7) is 2.81. The van der Waals surface area contributed by atoms with Gasteiger partial charge in [-0.2, -0.15) is 24.9 Å². The van der Waals surface area contributed by atoms with E-state index in [1.54, 1.807) is 19.1 Å².